The van der Waals surface area contributed by atoms with Crippen LogP contribution in [-0.4, -0.2) is 54.2 Å². The van der Waals surface area contributed by atoms with Crippen LogP contribution in [0.2, 0.25) is 0 Å². The highest BCUT2D eigenvalue weighted by Gasteiger charge is 2.25. The summed E-state index contributed by atoms with van der Waals surface area (Å²) in [4.78, 5) is 24.5. The lowest BCUT2D eigenvalue weighted by Gasteiger charge is -2.32. The van der Waals surface area contributed by atoms with E-state index in [1.165, 1.54) is 0 Å². The second-order valence-corrected chi connectivity index (χ2v) is 4.53. The lowest BCUT2D eigenvalue weighted by Crippen LogP contribution is -2.49. The molecule has 1 unspecified atom stereocenters. The molecule has 3 N–H and O–H groups in total. The Labute approximate surface area is 114 Å². The van der Waals surface area contributed by atoms with E-state index in [-0.39, 0.29) is 24.8 Å². The van der Waals surface area contributed by atoms with E-state index in [2.05, 4.69) is 0 Å². The zero-order valence-electron chi connectivity index (χ0n) is 12.1. The summed E-state index contributed by atoms with van der Waals surface area (Å²) in [5.74, 6) is -1.12. The van der Waals surface area contributed by atoms with Gasteiger partial charge < -0.3 is 20.5 Å². The molecule has 0 aliphatic carbocycles. The molecule has 1 atom stereocenters. The van der Waals surface area contributed by atoms with Gasteiger partial charge in [0.1, 0.15) is 0 Å². The van der Waals surface area contributed by atoms with Crippen LogP contribution in [0.15, 0.2) is 0 Å². The number of aliphatic carboxylic acids is 1. The van der Waals surface area contributed by atoms with Gasteiger partial charge in [0, 0.05) is 26.1 Å². The maximum Gasteiger partial charge on any atom is 0.303 e. The molecule has 0 aromatic heterocycles. The zero-order chi connectivity index (χ0) is 14.8. The predicted molar refractivity (Wildman–Crippen MR) is 72.8 cm³/mol. The van der Waals surface area contributed by atoms with Gasteiger partial charge in [-0.1, -0.05) is 13.8 Å². The fraction of sp³-hybridized carbons (Fsp3) is 0.846. The van der Waals surface area contributed by atoms with Crippen LogP contribution in [0.5, 0.6) is 0 Å². The topological polar surface area (TPSA) is 92.9 Å². The number of hydrogen-bond donors (Lipinski definition) is 2. The summed E-state index contributed by atoms with van der Waals surface area (Å²) in [6, 6.07) is -0.632. The Balaban J connectivity index is 4.63. The fourth-order valence-electron chi connectivity index (χ4n) is 2.01. The van der Waals surface area contributed by atoms with Gasteiger partial charge in [-0.3, -0.25) is 9.59 Å². The molecule has 6 nitrogen and oxygen atoms in total. The van der Waals surface area contributed by atoms with E-state index < -0.39 is 12.0 Å². The lowest BCUT2D eigenvalue weighted by atomic mass is 10.1. The summed E-state index contributed by atoms with van der Waals surface area (Å²) in [7, 11) is 1.58. The Morgan fingerprint density at radius 2 is 1.89 bits per heavy atom. The molecule has 19 heavy (non-hydrogen) atoms. The van der Waals surface area contributed by atoms with Crippen LogP contribution in [0.25, 0.3) is 0 Å². The number of amides is 1. The maximum atomic E-state index is 12.3. The molecule has 0 bridgehead atoms. The molecule has 0 aliphatic heterocycles. The summed E-state index contributed by atoms with van der Waals surface area (Å²) in [5.41, 5.74) is 5.79. The summed E-state index contributed by atoms with van der Waals surface area (Å²) < 4.78 is 5.01. The number of methoxy groups -OCH3 is 1. The van der Waals surface area contributed by atoms with Crippen molar-refractivity contribution < 1.29 is 19.4 Å². The fourth-order valence-corrected chi connectivity index (χ4v) is 2.01. The summed E-state index contributed by atoms with van der Waals surface area (Å²) in [6.07, 6.45) is 1.76. The SMILES string of the molecule is CCC(CC)N(CCOC)C(=O)C(N)CCC(=O)O. The summed E-state index contributed by atoms with van der Waals surface area (Å²) in [6.45, 7) is 4.98. The highest BCUT2D eigenvalue weighted by atomic mass is 16.5. The zero-order valence-corrected chi connectivity index (χ0v) is 12.1. The second-order valence-electron chi connectivity index (χ2n) is 4.53. The molecule has 0 saturated carbocycles. The molecule has 1 amide bonds. The Bertz CT molecular complexity index is 280. The Kier molecular flexibility index (Phi) is 9.16. The predicted octanol–water partition coefficient (Wildman–Crippen LogP) is 0.842. The third-order valence-electron chi connectivity index (χ3n) is 3.19. The number of rotatable bonds is 10. The summed E-state index contributed by atoms with van der Waals surface area (Å²) >= 11 is 0. The van der Waals surface area contributed by atoms with Crippen LogP contribution < -0.4 is 5.73 Å². The third kappa shape index (κ3) is 6.54. The standard InChI is InChI=1S/C13H26N2O4/c1-4-10(5-2)15(8-9-19-3)13(18)11(14)6-7-12(16)17/h10-11H,4-9,14H2,1-3H3,(H,16,17). The van der Waals surface area contributed by atoms with Crippen molar-refractivity contribution in [1.82, 2.24) is 4.90 Å². The van der Waals surface area contributed by atoms with Gasteiger partial charge in [0.15, 0.2) is 0 Å². The van der Waals surface area contributed by atoms with Gasteiger partial charge in [-0.25, -0.2) is 0 Å². The van der Waals surface area contributed by atoms with Crippen molar-refractivity contribution in [1.29, 1.82) is 0 Å². The molecule has 0 fully saturated rings. The van der Waals surface area contributed by atoms with Crippen molar-refractivity contribution in [3.05, 3.63) is 0 Å². The van der Waals surface area contributed by atoms with Gasteiger partial charge in [0.05, 0.1) is 12.6 Å². The molecule has 0 aromatic carbocycles. The van der Waals surface area contributed by atoms with Crippen molar-refractivity contribution in [2.45, 2.75) is 51.6 Å². The number of carboxylic acid groups (broad SMARTS) is 1. The number of hydrogen-bond acceptors (Lipinski definition) is 4. The van der Waals surface area contributed by atoms with Crippen LogP contribution in [0.4, 0.5) is 0 Å². The van der Waals surface area contributed by atoms with E-state index in [0.29, 0.717) is 13.2 Å². The van der Waals surface area contributed by atoms with Crippen molar-refractivity contribution in [3.63, 3.8) is 0 Å². The molecule has 6 heteroatoms. The van der Waals surface area contributed by atoms with Gasteiger partial charge in [-0.15, -0.1) is 0 Å². The van der Waals surface area contributed by atoms with Crippen molar-refractivity contribution in [3.8, 4) is 0 Å². The Hall–Kier alpha value is -1.14. The molecule has 0 heterocycles. The van der Waals surface area contributed by atoms with Crippen molar-refractivity contribution in [2.75, 3.05) is 20.3 Å². The third-order valence-corrected chi connectivity index (χ3v) is 3.19. The van der Waals surface area contributed by atoms with Gasteiger partial charge in [-0.05, 0) is 19.3 Å². The quantitative estimate of drug-likeness (QED) is 0.616. The molecule has 0 aliphatic rings. The number of nitrogens with zero attached hydrogens (tertiary/aromatic N) is 1. The van der Waals surface area contributed by atoms with Crippen LogP contribution in [0, 0.1) is 0 Å². The minimum atomic E-state index is -0.936. The first-order valence-electron chi connectivity index (χ1n) is 6.74. The van der Waals surface area contributed by atoms with Gasteiger partial charge in [-0.2, -0.15) is 0 Å². The smallest absolute Gasteiger partial charge is 0.303 e. The average molecular weight is 274 g/mol. The largest absolute Gasteiger partial charge is 0.481 e. The number of carbonyl (C=O) groups is 2. The highest BCUT2D eigenvalue weighted by molar-refractivity contribution is 5.82. The molecular weight excluding hydrogens is 248 g/mol. The molecule has 0 saturated heterocycles. The Morgan fingerprint density at radius 3 is 2.32 bits per heavy atom. The van der Waals surface area contributed by atoms with E-state index in [1.807, 2.05) is 13.8 Å². The van der Waals surface area contributed by atoms with Gasteiger partial charge in [0.25, 0.3) is 0 Å². The number of nitrogens with two attached hydrogens (primary N) is 1. The Morgan fingerprint density at radius 1 is 1.32 bits per heavy atom. The molecule has 0 rings (SSSR count). The number of ether oxygens (including phenoxy) is 1. The first-order valence-corrected chi connectivity index (χ1v) is 6.74. The van der Waals surface area contributed by atoms with Crippen molar-refractivity contribution >= 4 is 11.9 Å². The normalized spacial score (nSPS) is 12.5. The minimum absolute atomic E-state index is 0.0893. The molecule has 112 valence electrons. The molecule has 0 aromatic rings. The minimum Gasteiger partial charge on any atom is -0.481 e. The molecular formula is C13H26N2O4. The number of carboxylic acids is 1. The van der Waals surface area contributed by atoms with Crippen molar-refractivity contribution in [2.24, 2.45) is 5.73 Å². The maximum absolute atomic E-state index is 12.3. The first-order chi connectivity index (χ1) is 8.97. The number of carbonyl (C=O) groups excluding carboxylic acids is 1. The molecule has 0 spiro atoms. The monoisotopic (exact) mass is 274 g/mol. The lowest BCUT2D eigenvalue weighted by molar-refractivity contribution is -0.138. The second kappa shape index (κ2) is 9.75. The van der Waals surface area contributed by atoms with Crippen LogP contribution in [-0.2, 0) is 14.3 Å². The van der Waals surface area contributed by atoms with Crippen LogP contribution >= 0.6 is 0 Å². The van der Waals surface area contributed by atoms with E-state index in [0.717, 1.165) is 12.8 Å². The van der Waals surface area contributed by atoms with E-state index in [1.54, 1.807) is 12.0 Å². The van der Waals surface area contributed by atoms with E-state index in [9.17, 15) is 9.59 Å². The van der Waals surface area contributed by atoms with Crippen LogP contribution in [0.3, 0.4) is 0 Å². The highest BCUT2D eigenvalue weighted by Crippen LogP contribution is 2.11. The van der Waals surface area contributed by atoms with Gasteiger partial charge >= 0.3 is 5.97 Å². The van der Waals surface area contributed by atoms with E-state index in [4.69, 9.17) is 15.6 Å². The van der Waals surface area contributed by atoms with E-state index >= 15 is 0 Å². The van der Waals surface area contributed by atoms with Crippen LogP contribution in [0.1, 0.15) is 39.5 Å². The van der Waals surface area contributed by atoms with Gasteiger partial charge in [0.2, 0.25) is 5.91 Å². The molecule has 0 radical (unpaired) electrons. The summed E-state index contributed by atoms with van der Waals surface area (Å²) in [5, 5.41) is 8.63. The average Bonchev–Trinajstić information content (AvgIpc) is 2.40. The first kappa shape index (κ1) is 17.9.